The summed E-state index contributed by atoms with van der Waals surface area (Å²) < 4.78 is 0. The van der Waals surface area contributed by atoms with Gasteiger partial charge in [-0.15, -0.1) is 0 Å². The zero-order valence-corrected chi connectivity index (χ0v) is 11.0. The molecule has 0 fully saturated rings. The molecule has 104 valence electrons. The highest BCUT2D eigenvalue weighted by Gasteiger charge is 2.37. The maximum atomic E-state index is 12.2. The van der Waals surface area contributed by atoms with Crippen molar-refractivity contribution in [3.63, 3.8) is 0 Å². The van der Waals surface area contributed by atoms with Crippen LogP contribution in [0.15, 0.2) is 36.7 Å². The minimum absolute atomic E-state index is 0.227. The van der Waals surface area contributed by atoms with Gasteiger partial charge in [0.05, 0.1) is 29.2 Å². The maximum absolute atomic E-state index is 12.2. The van der Waals surface area contributed by atoms with Crippen molar-refractivity contribution in [2.75, 3.05) is 11.9 Å². The molecule has 0 atom stereocenters. The van der Waals surface area contributed by atoms with Crippen LogP contribution in [-0.2, 0) is 0 Å². The molecule has 1 N–H and O–H groups in total. The molecule has 7 nitrogen and oxygen atoms in total. The van der Waals surface area contributed by atoms with E-state index in [0.29, 0.717) is 11.3 Å². The van der Waals surface area contributed by atoms with Crippen LogP contribution in [0.1, 0.15) is 31.1 Å². The highest BCUT2D eigenvalue weighted by atomic mass is 16.2. The molecular formula is C14H10N4O3. The molecule has 2 heterocycles. The molecule has 21 heavy (non-hydrogen) atoms. The van der Waals surface area contributed by atoms with Crippen LogP contribution < -0.4 is 10.2 Å². The third-order valence-electron chi connectivity index (χ3n) is 3.21. The van der Waals surface area contributed by atoms with Crippen LogP contribution in [0.5, 0.6) is 0 Å². The number of hydrogen-bond acceptors (Lipinski definition) is 5. The monoisotopic (exact) mass is 282 g/mol. The number of carbonyl (C=O) groups is 3. The van der Waals surface area contributed by atoms with Crippen molar-refractivity contribution in [1.29, 1.82) is 0 Å². The first-order valence-electron chi connectivity index (χ1n) is 6.15. The Bertz CT molecular complexity index is 720. The van der Waals surface area contributed by atoms with Gasteiger partial charge >= 0.3 is 0 Å². The second kappa shape index (κ2) is 4.78. The number of carbonyl (C=O) groups excluding carboxylic acids is 3. The first-order valence-corrected chi connectivity index (χ1v) is 6.15. The lowest BCUT2D eigenvalue weighted by Crippen LogP contribution is -2.29. The minimum atomic E-state index is -0.447. The van der Waals surface area contributed by atoms with E-state index in [1.165, 1.54) is 19.4 Å². The molecule has 1 aliphatic rings. The van der Waals surface area contributed by atoms with Gasteiger partial charge in [0, 0.05) is 12.6 Å². The fourth-order valence-electron chi connectivity index (χ4n) is 2.14. The largest absolute Gasteiger partial charge is 0.355 e. The van der Waals surface area contributed by atoms with Crippen LogP contribution >= 0.6 is 0 Å². The molecule has 0 spiro atoms. The lowest BCUT2D eigenvalue weighted by molar-refractivity contribution is 0.0924. The second-order valence-corrected chi connectivity index (χ2v) is 4.39. The van der Waals surface area contributed by atoms with Crippen LogP contribution in [0.4, 0.5) is 5.69 Å². The standard InChI is InChI=1S/C14H10N4O3/c1-15-12(19)8-2-4-9(5-3-8)18-13(20)10-6-16-17-7-11(10)14(18)21/h2-7H,1H3,(H,15,19). The molecule has 3 amide bonds. The highest BCUT2D eigenvalue weighted by Crippen LogP contribution is 2.27. The molecule has 0 radical (unpaired) electrons. The summed E-state index contributed by atoms with van der Waals surface area (Å²) in [5.74, 6) is -1.13. The summed E-state index contributed by atoms with van der Waals surface area (Å²) in [5.41, 5.74) is 1.30. The van der Waals surface area contributed by atoms with Crippen LogP contribution in [0.2, 0.25) is 0 Å². The lowest BCUT2D eigenvalue weighted by atomic mass is 10.2. The summed E-state index contributed by atoms with van der Waals surface area (Å²) in [5, 5.41) is 9.73. The van der Waals surface area contributed by atoms with E-state index >= 15 is 0 Å². The summed E-state index contributed by atoms with van der Waals surface area (Å²) in [6.45, 7) is 0. The Hall–Kier alpha value is -3.09. The minimum Gasteiger partial charge on any atom is -0.355 e. The number of imide groups is 1. The van der Waals surface area contributed by atoms with E-state index in [1.807, 2.05) is 0 Å². The number of benzene rings is 1. The van der Waals surface area contributed by atoms with E-state index in [4.69, 9.17) is 0 Å². The molecule has 0 bridgehead atoms. The van der Waals surface area contributed by atoms with Crippen LogP contribution in [0, 0.1) is 0 Å². The SMILES string of the molecule is CNC(=O)c1ccc(N2C(=O)c3cnncc3C2=O)cc1. The van der Waals surface area contributed by atoms with E-state index in [2.05, 4.69) is 15.5 Å². The molecule has 0 aliphatic carbocycles. The fourth-order valence-corrected chi connectivity index (χ4v) is 2.14. The number of aromatic nitrogens is 2. The predicted octanol–water partition coefficient (Wildman–Crippen LogP) is 0.637. The van der Waals surface area contributed by atoms with Gasteiger partial charge in [0.25, 0.3) is 17.7 Å². The Morgan fingerprint density at radius 3 is 2.00 bits per heavy atom. The third-order valence-corrected chi connectivity index (χ3v) is 3.21. The predicted molar refractivity (Wildman–Crippen MR) is 73.0 cm³/mol. The molecule has 0 saturated heterocycles. The van der Waals surface area contributed by atoms with Gasteiger partial charge in [-0.1, -0.05) is 0 Å². The molecule has 3 rings (SSSR count). The van der Waals surface area contributed by atoms with E-state index < -0.39 is 11.8 Å². The first-order chi connectivity index (χ1) is 10.1. The zero-order valence-electron chi connectivity index (χ0n) is 11.0. The third kappa shape index (κ3) is 1.95. The molecule has 7 heteroatoms. The Morgan fingerprint density at radius 1 is 1.00 bits per heavy atom. The summed E-state index contributed by atoms with van der Waals surface area (Å²) in [6, 6.07) is 6.20. The Labute approximate surface area is 119 Å². The van der Waals surface area contributed by atoms with Crippen molar-refractivity contribution in [3.8, 4) is 0 Å². The molecule has 1 aliphatic heterocycles. The van der Waals surface area contributed by atoms with Crippen molar-refractivity contribution >= 4 is 23.4 Å². The Kier molecular flexibility index (Phi) is 2.94. The molecular weight excluding hydrogens is 272 g/mol. The van der Waals surface area contributed by atoms with Gasteiger partial charge in [0.2, 0.25) is 0 Å². The maximum Gasteiger partial charge on any atom is 0.267 e. The van der Waals surface area contributed by atoms with E-state index in [1.54, 1.807) is 24.3 Å². The van der Waals surface area contributed by atoms with Gasteiger partial charge in [-0.2, -0.15) is 10.2 Å². The number of amides is 3. The topological polar surface area (TPSA) is 92.3 Å². The highest BCUT2D eigenvalue weighted by molar-refractivity contribution is 6.34. The second-order valence-electron chi connectivity index (χ2n) is 4.39. The number of fused-ring (bicyclic) bond motifs is 1. The first kappa shape index (κ1) is 12.9. The number of nitrogens with one attached hydrogen (secondary N) is 1. The van der Waals surface area contributed by atoms with Crippen LogP contribution in [0.25, 0.3) is 0 Å². The van der Waals surface area contributed by atoms with Gasteiger partial charge in [0.1, 0.15) is 0 Å². The van der Waals surface area contributed by atoms with Crippen molar-refractivity contribution in [1.82, 2.24) is 15.5 Å². The van der Waals surface area contributed by atoms with Crippen molar-refractivity contribution in [3.05, 3.63) is 53.3 Å². The van der Waals surface area contributed by atoms with Crippen molar-refractivity contribution < 1.29 is 14.4 Å². The van der Waals surface area contributed by atoms with E-state index in [-0.39, 0.29) is 17.0 Å². The van der Waals surface area contributed by atoms with Gasteiger partial charge in [-0.3, -0.25) is 14.4 Å². The smallest absolute Gasteiger partial charge is 0.267 e. The Morgan fingerprint density at radius 2 is 1.52 bits per heavy atom. The average molecular weight is 282 g/mol. The Balaban J connectivity index is 1.97. The zero-order chi connectivity index (χ0) is 15.0. The normalized spacial score (nSPS) is 13.3. The summed E-state index contributed by atoms with van der Waals surface area (Å²) in [4.78, 5) is 37.0. The molecule has 2 aromatic rings. The van der Waals surface area contributed by atoms with Gasteiger partial charge < -0.3 is 5.32 Å². The summed E-state index contributed by atoms with van der Waals surface area (Å²) >= 11 is 0. The molecule has 0 saturated carbocycles. The quantitative estimate of drug-likeness (QED) is 0.816. The molecule has 1 aromatic heterocycles. The van der Waals surface area contributed by atoms with Crippen LogP contribution in [0.3, 0.4) is 0 Å². The lowest BCUT2D eigenvalue weighted by Gasteiger charge is -2.14. The summed E-state index contributed by atoms with van der Waals surface area (Å²) in [6.07, 6.45) is 2.54. The van der Waals surface area contributed by atoms with Gasteiger partial charge in [-0.05, 0) is 24.3 Å². The van der Waals surface area contributed by atoms with E-state index in [0.717, 1.165) is 4.90 Å². The van der Waals surface area contributed by atoms with Crippen LogP contribution in [-0.4, -0.2) is 35.0 Å². The number of hydrogen-bond donors (Lipinski definition) is 1. The van der Waals surface area contributed by atoms with Crippen molar-refractivity contribution in [2.24, 2.45) is 0 Å². The molecule has 1 aromatic carbocycles. The number of nitrogens with zero attached hydrogens (tertiary/aromatic N) is 3. The van der Waals surface area contributed by atoms with Gasteiger partial charge in [-0.25, -0.2) is 4.90 Å². The fraction of sp³-hybridized carbons (Fsp3) is 0.0714. The summed E-state index contributed by atoms with van der Waals surface area (Å²) in [7, 11) is 1.53. The molecule has 0 unspecified atom stereocenters. The van der Waals surface area contributed by atoms with Gasteiger partial charge in [0.15, 0.2) is 0 Å². The average Bonchev–Trinajstić information content (AvgIpc) is 2.79. The number of anilines is 1. The number of rotatable bonds is 2. The van der Waals surface area contributed by atoms with E-state index in [9.17, 15) is 14.4 Å². The van der Waals surface area contributed by atoms with Crippen molar-refractivity contribution in [2.45, 2.75) is 0 Å².